The lowest BCUT2D eigenvalue weighted by atomic mass is 9.74. The summed E-state index contributed by atoms with van der Waals surface area (Å²) in [4.78, 5) is 12.3. The SMILES string of the molecule is CCC(CC)(CN)C(=O)CC1CCOCC1. The van der Waals surface area contributed by atoms with Crippen LogP contribution in [0, 0.1) is 11.3 Å². The molecule has 1 fully saturated rings. The molecule has 0 amide bonds. The second-order valence-electron chi connectivity index (χ2n) is 4.87. The van der Waals surface area contributed by atoms with E-state index in [1.54, 1.807) is 0 Å². The van der Waals surface area contributed by atoms with Gasteiger partial charge >= 0.3 is 0 Å². The van der Waals surface area contributed by atoms with E-state index in [1.165, 1.54) is 0 Å². The summed E-state index contributed by atoms with van der Waals surface area (Å²) in [5, 5.41) is 0. The molecule has 0 aliphatic carbocycles. The van der Waals surface area contributed by atoms with Gasteiger partial charge in [0.05, 0.1) is 0 Å². The van der Waals surface area contributed by atoms with Crippen molar-refractivity contribution in [2.75, 3.05) is 19.8 Å². The van der Waals surface area contributed by atoms with Gasteiger partial charge in [0.1, 0.15) is 5.78 Å². The van der Waals surface area contributed by atoms with E-state index in [4.69, 9.17) is 10.5 Å². The number of rotatable bonds is 6. The zero-order valence-corrected chi connectivity index (χ0v) is 10.6. The Morgan fingerprint density at radius 1 is 1.31 bits per heavy atom. The second kappa shape index (κ2) is 6.36. The van der Waals surface area contributed by atoms with Crippen molar-refractivity contribution in [2.45, 2.75) is 46.0 Å². The summed E-state index contributed by atoms with van der Waals surface area (Å²) in [5.41, 5.74) is 5.52. The predicted molar refractivity (Wildman–Crippen MR) is 65.2 cm³/mol. The quantitative estimate of drug-likeness (QED) is 0.756. The van der Waals surface area contributed by atoms with Crippen LogP contribution in [0.5, 0.6) is 0 Å². The molecule has 0 bridgehead atoms. The number of carbonyl (C=O) groups excluding carboxylic acids is 1. The third kappa shape index (κ3) is 3.05. The van der Waals surface area contributed by atoms with Crippen molar-refractivity contribution in [2.24, 2.45) is 17.1 Å². The van der Waals surface area contributed by atoms with Gasteiger partial charge in [-0.3, -0.25) is 4.79 Å². The number of Topliss-reactive ketones (excluding diaryl/α,β-unsaturated/α-hetero) is 1. The van der Waals surface area contributed by atoms with E-state index in [-0.39, 0.29) is 5.41 Å². The first-order chi connectivity index (χ1) is 7.68. The third-order valence-corrected chi connectivity index (χ3v) is 4.15. The Morgan fingerprint density at radius 3 is 2.31 bits per heavy atom. The minimum atomic E-state index is -0.266. The average Bonchev–Trinajstić information content (AvgIpc) is 2.33. The maximum Gasteiger partial charge on any atom is 0.140 e. The first-order valence-corrected chi connectivity index (χ1v) is 6.49. The molecule has 1 saturated heterocycles. The van der Waals surface area contributed by atoms with Gasteiger partial charge in [-0.2, -0.15) is 0 Å². The molecule has 1 heterocycles. The van der Waals surface area contributed by atoms with Gasteiger partial charge in [-0.1, -0.05) is 13.8 Å². The van der Waals surface area contributed by atoms with Crippen molar-refractivity contribution in [3.63, 3.8) is 0 Å². The summed E-state index contributed by atoms with van der Waals surface area (Å²) in [6.07, 6.45) is 4.48. The van der Waals surface area contributed by atoms with Crippen LogP contribution in [0.25, 0.3) is 0 Å². The van der Waals surface area contributed by atoms with E-state index < -0.39 is 0 Å². The Kier molecular flexibility index (Phi) is 5.42. The lowest BCUT2D eigenvalue weighted by Gasteiger charge is -2.31. The summed E-state index contributed by atoms with van der Waals surface area (Å²) >= 11 is 0. The van der Waals surface area contributed by atoms with Crippen LogP contribution in [0.15, 0.2) is 0 Å². The highest BCUT2D eigenvalue weighted by atomic mass is 16.5. The van der Waals surface area contributed by atoms with Crippen molar-refractivity contribution in [3.8, 4) is 0 Å². The Morgan fingerprint density at radius 2 is 1.88 bits per heavy atom. The van der Waals surface area contributed by atoms with Crippen molar-refractivity contribution < 1.29 is 9.53 Å². The van der Waals surface area contributed by atoms with Crippen LogP contribution >= 0.6 is 0 Å². The summed E-state index contributed by atoms with van der Waals surface area (Å²) in [6.45, 7) is 6.25. The number of ketones is 1. The van der Waals surface area contributed by atoms with E-state index >= 15 is 0 Å². The van der Waals surface area contributed by atoms with Gasteiger partial charge in [0.15, 0.2) is 0 Å². The topological polar surface area (TPSA) is 52.3 Å². The molecule has 0 aromatic rings. The smallest absolute Gasteiger partial charge is 0.140 e. The van der Waals surface area contributed by atoms with Crippen LogP contribution in [-0.4, -0.2) is 25.5 Å². The molecule has 1 aliphatic rings. The maximum atomic E-state index is 12.3. The molecule has 0 radical (unpaired) electrons. The Balaban J connectivity index is 2.54. The molecule has 0 spiro atoms. The molecule has 0 aromatic carbocycles. The van der Waals surface area contributed by atoms with Crippen molar-refractivity contribution >= 4 is 5.78 Å². The molecule has 0 atom stereocenters. The van der Waals surface area contributed by atoms with Gasteiger partial charge in [-0.05, 0) is 31.6 Å². The fourth-order valence-corrected chi connectivity index (χ4v) is 2.48. The van der Waals surface area contributed by atoms with E-state index in [9.17, 15) is 4.79 Å². The second-order valence-corrected chi connectivity index (χ2v) is 4.87. The standard InChI is InChI=1S/C13H25NO2/c1-3-13(4-2,10-14)12(15)9-11-5-7-16-8-6-11/h11H,3-10,14H2,1-2H3. The predicted octanol–water partition coefficient (Wildman–Crippen LogP) is 2.14. The maximum absolute atomic E-state index is 12.3. The molecule has 0 aromatic heterocycles. The van der Waals surface area contributed by atoms with Crippen LogP contribution in [0.1, 0.15) is 46.0 Å². The molecule has 94 valence electrons. The number of nitrogens with two attached hydrogens (primary N) is 1. The van der Waals surface area contributed by atoms with Gasteiger partial charge < -0.3 is 10.5 Å². The van der Waals surface area contributed by atoms with Crippen molar-refractivity contribution in [1.82, 2.24) is 0 Å². The lowest BCUT2D eigenvalue weighted by Crippen LogP contribution is -2.39. The van der Waals surface area contributed by atoms with Crippen LogP contribution < -0.4 is 5.73 Å². The van der Waals surface area contributed by atoms with Crippen LogP contribution in [-0.2, 0) is 9.53 Å². The Bertz CT molecular complexity index is 210. The monoisotopic (exact) mass is 227 g/mol. The van der Waals surface area contributed by atoms with Crippen LogP contribution in [0.2, 0.25) is 0 Å². The first kappa shape index (κ1) is 13.7. The molecule has 16 heavy (non-hydrogen) atoms. The number of hydrogen-bond donors (Lipinski definition) is 1. The van der Waals surface area contributed by atoms with E-state index in [2.05, 4.69) is 13.8 Å². The van der Waals surface area contributed by atoms with E-state index in [1.807, 2.05) is 0 Å². The number of carbonyl (C=O) groups is 1. The van der Waals surface area contributed by atoms with Gasteiger partial charge in [0.2, 0.25) is 0 Å². The number of ether oxygens (including phenoxy) is 1. The molecule has 0 unspecified atom stereocenters. The molecule has 3 nitrogen and oxygen atoms in total. The Labute approximate surface area is 98.7 Å². The third-order valence-electron chi connectivity index (χ3n) is 4.15. The van der Waals surface area contributed by atoms with Gasteiger partial charge in [-0.25, -0.2) is 0 Å². The molecular weight excluding hydrogens is 202 g/mol. The van der Waals surface area contributed by atoms with Crippen molar-refractivity contribution in [1.29, 1.82) is 0 Å². The molecular formula is C13H25NO2. The summed E-state index contributed by atoms with van der Waals surface area (Å²) < 4.78 is 5.31. The highest BCUT2D eigenvalue weighted by Gasteiger charge is 2.34. The minimum Gasteiger partial charge on any atom is -0.381 e. The normalized spacial score (nSPS) is 18.7. The molecule has 0 saturated carbocycles. The van der Waals surface area contributed by atoms with Crippen LogP contribution in [0.4, 0.5) is 0 Å². The highest BCUT2D eigenvalue weighted by molar-refractivity contribution is 5.85. The largest absolute Gasteiger partial charge is 0.381 e. The molecule has 1 aliphatic heterocycles. The fraction of sp³-hybridized carbons (Fsp3) is 0.923. The zero-order chi connectivity index (χ0) is 12.0. The highest BCUT2D eigenvalue weighted by Crippen LogP contribution is 2.31. The molecule has 1 rings (SSSR count). The Hall–Kier alpha value is -0.410. The average molecular weight is 227 g/mol. The van der Waals surface area contributed by atoms with Crippen molar-refractivity contribution in [3.05, 3.63) is 0 Å². The van der Waals surface area contributed by atoms with E-state index in [0.717, 1.165) is 38.9 Å². The summed E-state index contributed by atoms with van der Waals surface area (Å²) in [7, 11) is 0. The molecule has 3 heteroatoms. The van der Waals surface area contributed by atoms with Crippen LogP contribution in [0.3, 0.4) is 0 Å². The lowest BCUT2D eigenvalue weighted by molar-refractivity contribution is -0.130. The van der Waals surface area contributed by atoms with Gasteiger partial charge in [0.25, 0.3) is 0 Å². The van der Waals surface area contributed by atoms with Gasteiger partial charge in [0, 0.05) is 31.6 Å². The zero-order valence-electron chi connectivity index (χ0n) is 10.6. The fourth-order valence-electron chi connectivity index (χ4n) is 2.48. The summed E-state index contributed by atoms with van der Waals surface area (Å²) in [6, 6.07) is 0. The van der Waals surface area contributed by atoms with Gasteiger partial charge in [-0.15, -0.1) is 0 Å². The molecule has 2 N–H and O–H groups in total. The minimum absolute atomic E-state index is 0.266. The first-order valence-electron chi connectivity index (χ1n) is 6.49. The van der Waals surface area contributed by atoms with E-state index in [0.29, 0.717) is 24.7 Å². The number of hydrogen-bond acceptors (Lipinski definition) is 3. The summed E-state index contributed by atoms with van der Waals surface area (Å²) in [5.74, 6) is 0.886.